The summed E-state index contributed by atoms with van der Waals surface area (Å²) in [5.74, 6) is -0.220. The molecule has 6 heteroatoms. The number of carbonyl (C=O) groups excluding carboxylic acids is 2. The van der Waals surface area contributed by atoms with Crippen molar-refractivity contribution >= 4 is 35.0 Å². The summed E-state index contributed by atoms with van der Waals surface area (Å²) in [7, 11) is 0. The van der Waals surface area contributed by atoms with Crippen LogP contribution in [0.2, 0.25) is 10.0 Å². The molecule has 0 spiro atoms. The summed E-state index contributed by atoms with van der Waals surface area (Å²) < 4.78 is 0. The SMILES string of the molecule is CC1NC(=O)CCN(Cc2cc(Cl)ccc2Cl)C1=O. The maximum Gasteiger partial charge on any atom is 0.245 e. The topological polar surface area (TPSA) is 49.4 Å². The summed E-state index contributed by atoms with van der Waals surface area (Å²) in [6, 6.07) is 4.63. The largest absolute Gasteiger partial charge is 0.345 e. The number of hydrogen-bond acceptors (Lipinski definition) is 2. The van der Waals surface area contributed by atoms with Gasteiger partial charge in [0.1, 0.15) is 6.04 Å². The first kappa shape index (κ1) is 14.2. The van der Waals surface area contributed by atoms with Crippen LogP contribution in [0.5, 0.6) is 0 Å². The Morgan fingerprint density at radius 3 is 2.84 bits per heavy atom. The highest BCUT2D eigenvalue weighted by Crippen LogP contribution is 2.22. The minimum Gasteiger partial charge on any atom is -0.345 e. The third kappa shape index (κ3) is 3.39. The van der Waals surface area contributed by atoms with Crippen LogP contribution in [0, 0.1) is 0 Å². The van der Waals surface area contributed by atoms with Gasteiger partial charge in [-0.25, -0.2) is 0 Å². The highest BCUT2D eigenvalue weighted by molar-refractivity contribution is 6.33. The van der Waals surface area contributed by atoms with Crippen LogP contribution in [0.1, 0.15) is 18.9 Å². The van der Waals surface area contributed by atoms with E-state index >= 15 is 0 Å². The van der Waals surface area contributed by atoms with E-state index in [9.17, 15) is 9.59 Å². The molecule has 1 unspecified atom stereocenters. The van der Waals surface area contributed by atoms with Crippen molar-refractivity contribution in [2.24, 2.45) is 0 Å². The highest BCUT2D eigenvalue weighted by atomic mass is 35.5. The molecular weight excluding hydrogens is 287 g/mol. The number of hydrogen-bond donors (Lipinski definition) is 1. The minimum atomic E-state index is -0.507. The molecule has 1 saturated heterocycles. The molecule has 4 nitrogen and oxygen atoms in total. The van der Waals surface area contributed by atoms with Crippen molar-refractivity contribution in [3.63, 3.8) is 0 Å². The molecule has 1 atom stereocenters. The molecule has 1 N–H and O–H groups in total. The van der Waals surface area contributed by atoms with Gasteiger partial charge in [-0.2, -0.15) is 0 Å². The second-order valence-corrected chi connectivity index (χ2v) is 5.38. The zero-order valence-electron chi connectivity index (χ0n) is 10.5. The van der Waals surface area contributed by atoms with Crippen LogP contribution in [0.25, 0.3) is 0 Å². The Bertz CT molecular complexity index is 519. The summed E-state index contributed by atoms with van der Waals surface area (Å²) in [5, 5.41) is 3.78. The van der Waals surface area contributed by atoms with Crippen LogP contribution in [-0.2, 0) is 16.1 Å². The molecule has 1 heterocycles. The monoisotopic (exact) mass is 300 g/mol. The standard InChI is InChI=1S/C13H14Cl2N2O2/c1-8-13(19)17(5-4-12(18)16-8)7-9-6-10(14)2-3-11(9)15/h2-3,6,8H,4-5,7H2,1H3,(H,16,18). The second kappa shape index (κ2) is 5.80. The summed E-state index contributed by atoms with van der Waals surface area (Å²) in [6.07, 6.45) is 0.300. The molecule has 1 aliphatic rings. The van der Waals surface area contributed by atoms with E-state index < -0.39 is 6.04 Å². The molecule has 2 amide bonds. The number of nitrogens with one attached hydrogen (secondary N) is 1. The van der Waals surface area contributed by atoms with Crippen LogP contribution in [0.3, 0.4) is 0 Å². The van der Waals surface area contributed by atoms with Gasteiger partial charge in [0.2, 0.25) is 11.8 Å². The van der Waals surface area contributed by atoms with Crippen LogP contribution >= 0.6 is 23.2 Å². The molecule has 1 aromatic rings. The number of benzene rings is 1. The van der Waals surface area contributed by atoms with Crippen molar-refractivity contribution in [1.29, 1.82) is 0 Å². The Morgan fingerprint density at radius 1 is 1.37 bits per heavy atom. The van der Waals surface area contributed by atoms with E-state index in [0.717, 1.165) is 5.56 Å². The molecule has 0 bridgehead atoms. The van der Waals surface area contributed by atoms with Crippen molar-refractivity contribution in [1.82, 2.24) is 10.2 Å². The van der Waals surface area contributed by atoms with Crippen LogP contribution in [-0.4, -0.2) is 29.3 Å². The molecule has 1 fully saturated rings. The van der Waals surface area contributed by atoms with E-state index in [4.69, 9.17) is 23.2 Å². The van der Waals surface area contributed by atoms with Gasteiger partial charge in [-0.15, -0.1) is 0 Å². The molecule has 0 radical (unpaired) electrons. The van der Waals surface area contributed by atoms with Crippen molar-refractivity contribution in [2.75, 3.05) is 6.54 Å². The third-order valence-electron chi connectivity index (χ3n) is 3.04. The van der Waals surface area contributed by atoms with Crippen LogP contribution in [0.15, 0.2) is 18.2 Å². The van der Waals surface area contributed by atoms with Crippen molar-refractivity contribution in [3.05, 3.63) is 33.8 Å². The minimum absolute atomic E-state index is 0.109. The first-order valence-electron chi connectivity index (χ1n) is 5.99. The van der Waals surface area contributed by atoms with E-state index in [1.54, 1.807) is 30.0 Å². The highest BCUT2D eigenvalue weighted by Gasteiger charge is 2.26. The molecular formula is C13H14Cl2N2O2. The van der Waals surface area contributed by atoms with Gasteiger partial charge in [-0.1, -0.05) is 23.2 Å². The van der Waals surface area contributed by atoms with Gasteiger partial charge < -0.3 is 10.2 Å². The lowest BCUT2D eigenvalue weighted by molar-refractivity contribution is -0.133. The number of nitrogens with zero attached hydrogens (tertiary/aromatic N) is 1. The lowest BCUT2D eigenvalue weighted by Gasteiger charge is -2.22. The molecule has 1 aliphatic heterocycles. The quantitative estimate of drug-likeness (QED) is 0.910. The van der Waals surface area contributed by atoms with Gasteiger partial charge >= 0.3 is 0 Å². The zero-order valence-corrected chi connectivity index (χ0v) is 12.0. The second-order valence-electron chi connectivity index (χ2n) is 4.53. The Kier molecular flexibility index (Phi) is 4.32. The molecule has 0 saturated carbocycles. The maximum atomic E-state index is 12.1. The molecule has 102 valence electrons. The fraction of sp³-hybridized carbons (Fsp3) is 0.385. The predicted molar refractivity (Wildman–Crippen MR) is 74.1 cm³/mol. The van der Waals surface area contributed by atoms with Crippen LogP contribution < -0.4 is 5.32 Å². The number of amides is 2. The van der Waals surface area contributed by atoms with Gasteiger partial charge in [0.25, 0.3) is 0 Å². The van der Waals surface area contributed by atoms with Gasteiger partial charge in [0, 0.05) is 29.6 Å². The van der Waals surface area contributed by atoms with E-state index in [0.29, 0.717) is 29.6 Å². The molecule has 19 heavy (non-hydrogen) atoms. The average Bonchev–Trinajstić information content (AvgIpc) is 2.47. The van der Waals surface area contributed by atoms with Gasteiger partial charge in [-0.3, -0.25) is 9.59 Å². The first-order chi connectivity index (χ1) is 8.97. The molecule has 2 rings (SSSR count). The Labute approximate surface area is 121 Å². The number of halogens is 2. The van der Waals surface area contributed by atoms with Gasteiger partial charge in [0.15, 0.2) is 0 Å². The third-order valence-corrected chi connectivity index (χ3v) is 3.64. The lowest BCUT2D eigenvalue weighted by Crippen LogP contribution is -2.42. The van der Waals surface area contributed by atoms with E-state index in [-0.39, 0.29) is 11.8 Å². The maximum absolute atomic E-state index is 12.1. The molecule has 0 aromatic heterocycles. The zero-order chi connectivity index (χ0) is 14.0. The van der Waals surface area contributed by atoms with Crippen LogP contribution in [0.4, 0.5) is 0 Å². The van der Waals surface area contributed by atoms with E-state index in [1.165, 1.54) is 0 Å². The summed E-state index contributed by atoms with van der Waals surface area (Å²) in [4.78, 5) is 25.2. The summed E-state index contributed by atoms with van der Waals surface area (Å²) >= 11 is 12.0. The fourth-order valence-electron chi connectivity index (χ4n) is 2.02. The lowest BCUT2D eigenvalue weighted by atomic mass is 10.2. The Morgan fingerprint density at radius 2 is 2.11 bits per heavy atom. The van der Waals surface area contributed by atoms with E-state index in [2.05, 4.69) is 5.32 Å². The smallest absolute Gasteiger partial charge is 0.245 e. The normalized spacial score (nSPS) is 20.2. The Hall–Kier alpha value is -1.26. The van der Waals surface area contributed by atoms with Gasteiger partial charge in [-0.05, 0) is 30.7 Å². The molecule has 1 aromatic carbocycles. The summed E-state index contributed by atoms with van der Waals surface area (Å²) in [6.45, 7) is 2.42. The fourth-order valence-corrected chi connectivity index (χ4v) is 2.40. The van der Waals surface area contributed by atoms with Gasteiger partial charge in [0.05, 0.1) is 0 Å². The van der Waals surface area contributed by atoms with E-state index in [1.807, 2.05) is 0 Å². The average molecular weight is 301 g/mol. The summed E-state index contributed by atoms with van der Waals surface area (Å²) in [5.41, 5.74) is 0.782. The molecule has 0 aliphatic carbocycles. The van der Waals surface area contributed by atoms with Crippen molar-refractivity contribution < 1.29 is 9.59 Å². The first-order valence-corrected chi connectivity index (χ1v) is 6.75. The van der Waals surface area contributed by atoms with Crippen molar-refractivity contribution in [3.8, 4) is 0 Å². The number of rotatable bonds is 2. The Balaban J connectivity index is 2.19. The van der Waals surface area contributed by atoms with Crippen molar-refractivity contribution in [2.45, 2.75) is 25.9 Å². The number of carbonyl (C=O) groups is 2. The predicted octanol–water partition coefficient (Wildman–Crippen LogP) is 2.23.